The Kier molecular flexibility index (Phi) is 4.58. The number of ether oxygens (including phenoxy) is 2. The van der Waals surface area contributed by atoms with Crippen molar-refractivity contribution in [2.24, 2.45) is 0 Å². The molecule has 0 unspecified atom stereocenters. The monoisotopic (exact) mass is 400 g/mol. The molecule has 1 aliphatic carbocycles. The highest BCUT2D eigenvalue weighted by Gasteiger charge is 2.28. The third-order valence-corrected chi connectivity index (χ3v) is 6.59. The zero-order chi connectivity index (χ0) is 19.9. The molecule has 4 rings (SSSR count). The summed E-state index contributed by atoms with van der Waals surface area (Å²) < 4.78 is 38.2. The second-order valence-electron chi connectivity index (χ2n) is 6.84. The summed E-state index contributed by atoms with van der Waals surface area (Å²) in [6.45, 7) is 1.87. The number of carbonyl (C=O) groups is 1. The summed E-state index contributed by atoms with van der Waals surface area (Å²) in [5.41, 5.74) is 0.961. The Morgan fingerprint density at radius 3 is 2.46 bits per heavy atom. The van der Waals surface area contributed by atoms with Crippen LogP contribution >= 0.6 is 0 Å². The van der Waals surface area contributed by atoms with Crippen molar-refractivity contribution in [3.63, 3.8) is 0 Å². The molecular formula is C20H20N2O5S. The van der Waals surface area contributed by atoms with Crippen molar-refractivity contribution >= 4 is 27.0 Å². The molecule has 7 nitrogen and oxygen atoms in total. The lowest BCUT2D eigenvalue weighted by molar-refractivity contribution is 0.0593. The van der Waals surface area contributed by atoms with Crippen LogP contribution in [-0.4, -0.2) is 36.6 Å². The number of nitrogens with zero attached hydrogens (tertiary/aromatic N) is 2. The number of pyridine rings is 1. The first kappa shape index (κ1) is 18.5. The highest BCUT2D eigenvalue weighted by Crippen LogP contribution is 2.29. The van der Waals surface area contributed by atoms with Gasteiger partial charge >= 0.3 is 5.97 Å². The maximum atomic E-state index is 13.3. The minimum atomic E-state index is -4.06. The Morgan fingerprint density at radius 2 is 1.86 bits per heavy atom. The summed E-state index contributed by atoms with van der Waals surface area (Å²) in [4.78, 5) is 16.7. The molecule has 0 amide bonds. The number of rotatable bonds is 5. The van der Waals surface area contributed by atoms with Gasteiger partial charge in [0.1, 0.15) is 11.8 Å². The van der Waals surface area contributed by atoms with E-state index < -0.39 is 16.0 Å². The normalized spacial score (nSPS) is 14.6. The number of hydrogen-bond acceptors (Lipinski definition) is 6. The first-order valence-corrected chi connectivity index (χ1v) is 10.4. The van der Waals surface area contributed by atoms with Gasteiger partial charge in [-0.05, 0) is 50.5 Å². The Bertz CT molecular complexity index is 1150. The van der Waals surface area contributed by atoms with Crippen LogP contribution in [0.25, 0.3) is 11.0 Å². The fourth-order valence-electron chi connectivity index (χ4n) is 3.07. The average molecular weight is 400 g/mol. The van der Waals surface area contributed by atoms with Gasteiger partial charge in [0.05, 0.1) is 12.0 Å². The second-order valence-corrected chi connectivity index (χ2v) is 8.62. The number of aryl methyl sites for hydroxylation is 1. The lowest BCUT2D eigenvalue weighted by atomic mass is 9.96. The summed E-state index contributed by atoms with van der Waals surface area (Å²) in [5, 5.41) is 0.511. The molecule has 0 bridgehead atoms. The fourth-order valence-corrected chi connectivity index (χ4v) is 4.52. The zero-order valence-electron chi connectivity index (χ0n) is 15.6. The molecule has 3 aromatic rings. The molecule has 0 N–H and O–H groups in total. The predicted molar refractivity (Wildman–Crippen MR) is 103 cm³/mol. The number of esters is 1. The Morgan fingerprint density at radius 1 is 1.14 bits per heavy atom. The molecule has 1 aromatic carbocycles. The minimum Gasteiger partial charge on any atom is -0.474 e. The van der Waals surface area contributed by atoms with Crippen molar-refractivity contribution in [1.82, 2.24) is 8.96 Å². The van der Waals surface area contributed by atoms with Crippen molar-refractivity contribution in [2.45, 2.75) is 37.2 Å². The van der Waals surface area contributed by atoms with Crippen LogP contribution in [-0.2, 0) is 14.8 Å². The highest BCUT2D eigenvalue weighted by molar-refractivity contribution is 7.90. The van der Waals surface area contributed by atoms with E-state index in [4.69, 9.17) is 9.47 Å². The molecule has 1 aliphatic rings. The Labute approximate surface area is 163 Å². The molecule has 0 radical (unpaired) electrons. The molecule has 0 spiro atoms. The molecule has 2 heterocycles. The van der Waals surface area contributed by atoms with E-state index in [1.165, 1.54) is 25.3 Å². The van der Waals surface area contributed by atoms with Crippen LogP contribution in [0.3, 0.4) is 0 Å². The van der Waals surface area contributed by atoms with E-state index >= 15 is 0 Å². The number of methoxy groups -OCH3 is 1. The van der Waals surface area contributed by atoms with Gasteiger partial charge in [-0.25, -0.2) is 17.2 Å². The topological polar surface area (TPSA) is 87.5 Å². The number of fused-ring (bicyclic) bond motifs is 1. The largest absolute Gasteiger partial charge is 0.474 e. The van der Waals surface area contributed by atoms with E-state index in [9.17, 15) is 13.2 Å². The maximum Gasteiger partial charge on any atom is 0.355 e. The van der Waals surface area contributed by atoms with Crippen molar-refractivity contribution in [3.8, 4) is 5.88 Å². The molecular weight excluding hydrogens is 380 g/mol. The maximum absolute atomic E-state index is 13.3. The number of aromatic nitrogens is 2. The summed E-state index contributed by atoms with van der Waals surface area (Å²) in [5.74, 6) is -0.415. The third-order valence-electron chi connectivity index (χ3n) is 4.88. The fraction of sp³-hybridized carbons (Fsp3) is 0.300. The van der Waals surface area contributed by atoms with Gasteiger partial charge in [0, 0.05) is 11.5 Å². The molecule has 1 saturated carbocycles. The summed E-state index contributed by atoms with van der Waals surface area (Å²) >= 11 is 0. The molecule has 1 fully saturated rings. The lowest BCUT2D eigenvalue weighted by Crippen LogP contribution is -2.25. The van der Waals surface area contributed by atoms with E-state index in [1.54, 1.807) is 24.3 Å². The van der Waals surface area contributed by atoms with E-state index in [2.05, 4.69) is 4.98 Å². The minimum absolute atomic E-state index is 0.0628. The van der Waals surface area contributed by atoms with E-state index in [1.807, 2.05) is 6.92 Å². The van der Waals surface area contributed by atoms with Crippen molar-refractivity contribution < 1.29 is 22.7 Å². The van der Waals surface area contributed by atoms with Crippen LogP contribution in [0, 0.1) is 6.92 Å². The van der Waals surface area contributed by atoms with Gasteiger partial charge in [-0.15, -0.1) is 0 Å². The summed E-state index contributed by atoms with van der Waals surface area (Å²) in [6, 6.07) is 11.3. The highest BCUT2D eigenvalue weighted by atomic mass is 32.2. The van der Waals surface area contributed by atoms with Crippen LogP contribution < -0.4 is 4.74 Å². The number of hydrogen-bond donors (Lipinski definition) is 0. The zero-order valence-corrected chi connectivity index (χ0v) is 16.4. The molecule has 8 heteroatoms. The van der Waals surface area contributed by atoms with Crippen molar-refractivity contribution in [1.29, 1.82) is 0 Å². The first-order chi connectivity index (χ1) is 13.4. The molecule has 146 valence electrons. The number of carbonyl (C=O) groups excluding carboxylic acids is 1. The van der Waals surface area contributed by atoms with Gasteiger partial charge in [0.15, 0.2) is 5.65 Å². The van der Waals surface area contributed by atoms with Crippen LogP contribution in [0.5, 0.6) is 5.88 Å². The van der Waals surface area contributed by atoms with Gasteiger partial charge in [-0.2, -0.15) is 4.98 Å². The lowest BCUT2D eigenvalue weighted by Gasteiger charge is -2.25. The van der Waals surface area contributed by atoms with Crippen LogP contribution in [0.2, 0.25) is 0 Å². The Balaban J connectivity index is 1.91. The van der Waals surface area contributed by atoms with E-state index in [0.717, 1.165) is 28.8 Å². The number of benzene rings is 1. The van der Waals surface area contributed by atoms with Gasteiger partial charge < -0.3 is 9.47 Å². The molecule has 0 saturated heterocycles. The smallest absolute Gasteiger partial charge is 0.355 e. The van der Waals surface area contributed by atoms with Crippen molar-refractivity contribution in [2.75, 3.05) is 7.11 Å². The second kappa shape index (κ2) is 6.94. The standard InChI is InChI=1S/C20H20N2O5S/c1-13-6-9-16(10-7-13)28(24,25)22-17(20(23)26-2)12-14-8-11-18(21-19(14)22)27-15-4-3-5-15/h6-12,15H,3-5H2,1-2H3. The van der Waals surface area contributed by atoms with Gasteiger partial charge in [0.2, 0.25) is 5.88 Å². The SMILES string of the molecule is COC(=O)c1cc2ccc(OC3CCC3)nc2n1S(=O)(=O)c1ccc(C)cc1. The van der Waals surface area contributed by atoms with Gasteiger partial charge in [-0.1, -0.05) is 17.7 Å². The van der Waals surface area contributed by atoms with Crippen LogP contribution in [0.1, 0.15) is 35.3 Å². The van der Waals surface area contributed by atoms with E-state index in [0.29, 0.717) is 11.3 Å². The predicted octanol–water partition coefficient (Wildman–Crippen LogP) is 3.30. The first-order valence-electron chi connectivity index (χ1n) is 9.00. The average Bonchev–Trinajstić information content (AvgIpc) is 3.04. The molecule has 2 aromatic heterocycles. The molecule has 28 heavy (non-hydrogen) atoms. The third kappa shape index (κ3) is 3.13. The van der Waals surface area contributed by atoms with Crippen LogP contribution in [0.15, 0.2) is 47.4 Å². The van der Waals surface area contributed by atoms with E-state index in [-0.39, 0.29) is 22.3 Å². The molecule has 0 atom stereocenters. The van der Waals surface area contributed by atoms with Gasteiger partial charge in [0.25, 0.3) is 10.0 Å². The Hall–Kier alpha value is -2.87. The van der Waals surface area contributed by atoms with Gasteiger partial charge in [-0.3, -0.25) is 0 Å². The summed E-state index contributed by atoms with van der Waals surface area (Å²) in [7, 11) is -2.85. The van der Waals surface area contributed by atoms with Crippen molar-refractivity contribution in [3.05, 3.63) is 53.7 Å². The molecule has 0 aliphatic heterocycles. The summed E-state index contributed by atoms with van der Waals surface area (Å²) in [6.07, 6.45) is 3.12. The van der Waals surface area contributed by atoms with Crippen LogP contribution in [0.4, 0.5) is 0 Å². The quantitative estimate of drug-likeness (QED) is 0.611.